The molecule has 1 aromatic carbocycles. The van der Waals surface area contributed by atoms with Gasteiger partial charge in [-0.1, -0.05) is 11.6 Å². The Kier molecular flexibility index (Phi) is 4.27. The number of aromatic nitrogens is 1. The first-order chi connectivity index (χ1) is 9.02. The molecule has 0 fully saturated rings. The van der Waals surface area contributed by atoms with Crippen molar-refractivity contribution in [3.8, 4) is 0 Å². The Bertz CT molecular complexity index is 569. The summed E-state index contributed by atoms with van der Waals surface area (Å²) in [6.07, 6.45) is 1.79. The maximum Gasteiger partial charge on any atom is 0.0797 e. The minimum absolute atomic E-state index is 0.198. The third-order valence-corrected chi connectivity index (χ3v) is 3.18. The number of halogens is 1. The lowest BCUT2D eigenvalue weighted by Crippen LogP contribution is -2.33. The molecule has 0 aliphatic heterocycles. The molecule has 0 aliphatic rings. The first-order valence-electron chi connectivity index (χ1n) is 6.44. The van der Waals surface area contributed by atoms with E-state index < -0.39 is 0 Å². The van der Waals surface area contributed by atoms with Crippen LogP contribution in [0.25, 0.3) is 10.9 Å². The Balaban J connectivity index is 2.21. The first-order valence-corrected chi connectivity index (χ1v) is 6.82. The molecule has 0 atom stereocenters. The summed E-state index contributed by atoms with van der Waals surface area (Å²) in [7, 11) is 0. The molecular weight excluding hydrogens is 260 g/mol. The van der Waals surface area contributed by atoms with Crippen molar-refractivity contribution in [2.75, 3.05) is 18.5 Å². The number of benzene rings is 1. The van der Waals surface area contributed by atoms with E-state index in [-0.39, 0.29) is 5.60 Å². The van der Waals surface area contributed by atoms with Crippen LogP contribution in [0.15, 0.2) is 30.5 Å². The summed E-state index contributed by atoms with van der Waals surface area (Å²) >= 11 is 5.98. The van der Waals surface area contributed by atoms with Crippen molar-refractivity contribution in [2.24, 2.45) is 0 Å². The maximum absolute atomic E-state index is 5.98. The van der Waals surface area contributed by atoms with E-state index in [0.717, 1.165) is 23.1 Å². The smallest absolute Gasteiger partial charge is 0.0797 e. The third-order valence-electron chi connectivity index (χ3n) is 2.94. The van der Waals surface area contributed by atoms with Gasteiger partial charge in [0.25, 0.3) is 0 Å². The summed E-state index contributed by atoms with van der Waals surface area (Å²) in [5.74, 6) is 0. The molecule has 4 heteroatoms. The Morgan fingerprint density at radius 1 is 1.32 bits per heavy atom. The van der Waals surface area contributed by atoms with Crippen LogP contribution in [0.1, 0.15) is 20.8 Å². The van der Waals surface area contributed by atoms with Gasteiger partial charge in [-0.3, -0.25) is 4.98 Å². The lowest BCUT2D eigenvalue weighted by Gasteiger charge is -2.25. The van der Waals surface area contributed by atoms with Gasteiger partial charge in [-0.2, -0.15) is 0 Å². The lowest BCUT2D eigenvalue weighted by molar-refractivity contribution is 0.000718. The van der Waals surface area contributed by atoms with Gasteiger partial charge in [0.2, 0.25) is 0 Å². The minimum atomic E-state index is -0.198. The number of rotatable bonds is 5. The number of nitrogens with zero attached hydrogens (tertiary/aromatic N) is 1. The number of hydrogen-bond donors (Lipinski definition) is 1. The second-order valence-electron chi connectivity index (χ2n) is 5.07. The Labute approximate surface area is 118 Å². The normalized spacial score (nSPS) is 11.8. The van der Waals surface area contributed by atoms with E-state index in [1.165, 1.54) is 0 Å². The van der Waals surface area contributed by atoms with Crippen LogP contribution in [0.2, 0.25) is 5.02 Å². The van der Waals surface area contributed by atoms with Gasteiger partial charge >= 0.3 is 0 Å². The zero-order chi connectivity index (χ0) is 13.9. The van der Waals surface area contributed by atoms with Gasteiger partial charge in [0.15, 0.2) is 0 Å². The highest BCUT2D eigenvalue weighted by atomic mass is 35.5. The quantitative estimate of drug-likeness (QED) is 0.893. The number of hydrogen-bond acceptors (Lipinski definition) is 3. The molecule has 0 radical (unpaired) electrons. The molecular formula is C15H19ClN2O. The van der Waals surface area contributed by atoms with Crippen molar-refractivity contribution in [3.63, 3.8) is 0 Å². The predicted molar refractivity (Wildman–Crippen MR) is 80.9 cm³/mol. The van der Waals surface area contributed by atoms with E-state index in [9.17, 15) is 0 Å². The van der Waals surface area contributed by atoms with Crippen LogP contribution >= 0.6 is 11.6 Å². The molecule has 1 aromatic heterocycles. The monoisotopic (exact) mass is 278 g/mol. The molecule has 3 nitrogen and oxygen atoms in total. The summed E-state index contributed by atoms with van der Waals surface area (Å²) in [6, 6.07) is 7.71. The number of nitrogens with one attached hydrogen (secondary N) is 1. The zero-order valence-corrected chi connectivity index (χ0v) is 12.3. The highest BCUT2D eigenvalue weighted by molar-refractivity contribution is 6.31. The van der Waals surface area contributed by atoms with E-state index >= 15 is 0 Å². The molecule has 0 spiro atoms. The highest BCUT2D eigenvalue weighted by Gasteiger charge is 2.17. The van der Waals surface area contributed by atoms with Crippen LogP contribution < -0.4 is 5.32 Å². The summed E-state index contributed by atoms with van der Waals surface area (Å²) in [5.41, 5.74) is 1.75. The Morgan fingerprint density at radius 3 is 2.84 bits per heavy atom. The molecule has 2 rings (SSSR count). The van der Waals surface area contributed by atoms with Crippen LogP contribution in [-0.4, -0.2) is 23.7 Å². The topological polar surface area (TPSA) is 34.1 Å². The van der Waals surface area contributed by atoms with Crippen molar-refractivity contribution in [1.29, 1.82) is 0 Å². The fraction of sp³-hybridized carbons (Fsp3) is 0.400. The summed E-state index contributed by atoms with van der Waals surface area (Å²) in [4.78, 5) is 4.33. The van der Waals surface area contributed by atoms with Gasteiger partial charge in [-0.15, -0.1) is 0 Å². The van der Waals surface area contributed by atoms with Crippen molar-refractivity contribution in [1.82, 2.24) is 4.98 Å². The van der Waals surface area contributed by atoms with Crippen molar-refractivity contribution < 1.29 is 4.74 Å². The van der Waals surface area contributed by atoms with Gasteiger partial charge in [0.1, 0.15) is 0 Å². The van der Waals surface area contributed by atoms with Crippen LogP contribution in [0.4, 0.5) is 5.69 Å². The molecule has 0 saturated heterocycles. The summed E-state index contributed by atoms with van der Waals surface area (Å²) < 4.78 is 5.68. The molecule has 0 amide bonds. The number of ether oxygens (including phenoxy) is 1. The lowest BCUT2D eigenvalue weighted by atomic mass is 10.1. The van der Waals surface area contributed by atoms with Crippen LogP contribution in [0, 0.1) is 0 Å². The van der Waals surface area contributed by atoms with Crippen molar-refractivity contribution in [3.05, 3.63) is 35.5 Å². The van der Waals surface area contributed by atoms with E-state index in [1.54, 1.807) is 6.20 Å². The molecule has 0 unspecified atom stereocenters. The van der Waals surface area contributed by atoms with Crippen LogP contribution in [0.5, 0.6) is 0 Å². The van der Waals surface area contributed by atoms with E-state index in [1.807, 2.05) is 31.2 Å². The fourth-order valence-corrected chi connectivity index (χ4v) is 2.19. The maximum atomic E-state index is 5.98. The Morgan fingerprint density at radius 2 is 2.11 bits per heavy atom. The molecule has 102 valence electrons. The predicted octanol–water partition coefficient (Wildman–Crippen LogP) is 4.12. The van der Waals surface area contributed by atoms with Gasteiger partial charge in [-0.05, 0) is 45.0 Å². The number of anilines is 1. The van der Waals surface area contributed by atoms with Crippen molar-refractivity contribution >= 4 is 28.2 Å². The Hall–Kier alpha value is -1.32. The second-order valence-corrected chi connectivity index (χ2v) is 5.50. The SMILES string of the molecule is CCOC(C)(C)CNc1ccnc2cc(Cl)ccc12. The van der Waals surface area contributed by atoms with E-state index in [2.05, 4.69) is 24.1 Å². The fourth-order valence-electron chi connectivity index (χ4n) is 2.03. The largest absolute Gasteiger partial charge is 0.382 e. The molecule has 0 saturated carbocycles. The molecule has 1 N–H and O–H groups in total. The first kappa shape index (κ1) is 14.1. The average Bonchev–Trinajstić information content (AvgIpc) is 2.36. The number of fused-ring (bicyclic) bond motifs is 1. The third kappa shape index (κ3) is 3.58. The molecule has 2 aromatic rings. The summed E-state index contributed by atoms with van der Waals surface area (Å²) in [6.45, 7) is 7.60. The van der Waals surface area contributed by atoms with E-state index in [0.29, 0.717) is 11.6 Å². The van der Waals surface area contributed by atoms with E-state index in [4.69, 9.17) is 16.3 Å². The van der Waals surface area contributed by atoms with Gasteiger partial charge in [0.05, 0.1) is 11.1 Å². The van der Waals surface area contributed by atoms with Gasteiger partial charge < -0.3 is 10.1 Å². The minimum Gasteiger partial charge on any atom is -0.382 e. The van der Waals surface area contributed by atoms with Crippen molar-refractivity contribution in [2.45, 2.75) is 26.4 Å². The molecule has 19 heavy (non-hydrogen) atoms. The van der Waals surface area contributed by atoms with Gasteiger partial charge in [-0.25, -0.2) is 0 Å². The molecule has 0 aliphatic carbocycles. The molecule has 1 heterocycles. The zero-order valence-electron chi connectivity index (χ0n) is 11.5. The van der Waals surface area contributed by atoms with Crippen LogP contribution in [0.3, 0.4) is 0 Å². The second kappa shape index (κ2) is 5.76. The van der Waals surface area contributed by atoms with Gasteiger partial charge in [0, 0.05) is 35.4 Å². The molecule has 0 bridgehead atoms. The highest BCUT2D eigenvalue weighted by Crippen LogP contribution is 2.25. The average molecular weight is 279 g/mol. The standard InChI is InChI=1S/C15H19ClN2O/c1-4-19-15(2,3)10-18-13-7-8-17-14-9-11(16)5-6-12(13)14/h5-9H,4,10H2,1-3H3,(H,17,18). The number of pyridine rings is 1. The summed E-state index contributed by atoms with van der Waals surface area (Å²) in [5, 5.41) is 5.19. The van der Waals surface area contributed by atoms with Crippen LogP contribution in [-0.2, 0) is 4.74 Å².